The van der Waals surface area contributed by atoms with Gasteiger partial charge in [0.2, 0.25) is 0 Å². The number of thiazole rings is 1. The van der Waals surface area contributed by atoms with Gasteiger partial charge in [-0.2, -0.15) is 0 Å². The number of aromatic nitrogens is 1. The minimum atomic E-state index is -0.743. The van der Waals surface area contributed by atoms with Crippen molar-refractivity contribution < 1.29 is 14.6 Å². The van der Waals surface area contributed by atoms with Crippen LogP contribution in [0.5, 0.6) is 5.75 Å². The van der Waals surface area contributed by atoms with Gasteiger partial charge in [0, 0.05) is 12.5 Å². The van der Waals surface area contributed by atoms with Crippen LogP contribution in [0.3, 0.4) is 0 Å². The molecule has 1 atom stereocenters. The van der Waals surface area contributed by atoms with Gasteiger partial charge in [0.05, 0.1) is 24.4 Å². The Kier molecular flexibility index (Phi) is 4.40. The summed E-state index contributed by atoms with van der Waals surface area (Å²) in [4.78, 5) is 17.2. The third-order valence-electron chi connectivity index (χ3n) is 3.72. The SMILES string of the molecule is COc1ccc(C(O)CNC(=O)c2scnc2C2CC2)cc1. The first kappa shape index (κ1) is 15.0. The number of hydrogen-bond donors (Lipinski definition) is 2. The number of ether oxygens (including phenoxy) is 1. The number of aliphatic hydroxyl groups is 1. The largest absolute Gasteiger partial charge is 0.497 e. The van der Waals surface area contributed by atoms with E-state index in [2.05, 4.69) is 10.3 Å². The molecule has 1 aliphatic carbocycles. The second kappa shape index (κ2) is 6.46. The molecule has 1 heterocycles. The van der Waals surface area contributed by atoms with Gasteiger partial charge < -0.3 is 15.2 Å². The first-order valence-electron chi connectivity index (χ1n) is 7.22. The lowest BCUT2D eigenvalue weighted by Crippen LogP contribution is -2.28. The lowest BCUT2D eigenvalue weighted by molar-refractivity contribution is 0.0919. The van der Waals surface area contributed by atoms with E-state index in [-0.39, 0.29) is 12.5 Å². The molecule has 2 N–H and O–H groups in total. The van der Waals surface area contributed by atoms with Crippen LogP contribution in [0.2, 0.25) is 0 Å². The molecule has 5 nitrogen and oxygen atoms in total. The fourth-order valence-corrected chi connectivity index (χ4v) is 3.08. The summed E-state index contributed by atoms with van der Waals surface area (Å²) in [7, 11) is 1.60. The summed E-state index contributed by atoms with van der Waals surface area (Å²) in [6.07, 6.45) is 1.48. The molecule has 6 heteroatoms. The zero-order chi connectivity index (χ0) is 15.5. The predicted octanol–water partition coefficient (Wildman–Crippen LogP) is 2.49. The Morgan fingerprint density at radius 3 is 2.82 bits per heavy atom. The average molecular weight is 318 g/mol. The molecule has 0 saturated heterocycles. The van der Waals surface area contributed by atoms with Crippen molar-refractivity contribution in [1.82, 2.24) is 10.3 Å². The van der Waals surface area contributed by atoms with E-state index in [1.807, 2.05) is 0 Å². The maximum Gasteiger partial charge on any atom is 0.263 e. The summed E-state index contributed by atoms with van der Waals surface area (Å²) in [5.74, 6) is 1.02. The maximum atomic E-state index is 12.2. The monoisotopic (exact) mass is 318 g/mol. The molecule has 0 aliphatic heterocycles. The van der Waals surface area contributed by atoms with Gasteiger partial charge in [-0.3, -0.25) is 4.79 Å². The molecule has 22 heavy (non-hydrogen) atoms. The average Bonchev–Trinajstić information content (AvgIpc) is 3.29. The van der Waals surface area contributed by atoms with Gasteiger partial charge in [0.15, 0.2) is 0 Å². The topological polar surface area (TPSA) is 71.5 Å². The molecule has 2 aromatic rings. The van der Waals surface area contributed by atoms with Crippen LogP contribution in [0.1, 0.15) is 45.8 Å². The van der Waals surface area contributed by atoms with Crippen LogP contribution in [0, 0.1) is 0 Å². The van der Waals surface area contributed by atoms with Gasteiger partial charge in [-0.15, -0.1) is 11.3 Å². The highest BCUT2D eigenvalue weighted by Gasteiger charge is 2.30. The molecule has 1 amide bonds. The van der Waals surface area contributed by atoms with Gasteiger partial charge in [-0.1, -0.05) is 12.1 Å². The van der Waals surface area contributed by atoms with E-state index in [4.69, 9.17) is 4.74 Å². The highest BCUT2D eigenvalue weighted by atomic mass is 32.1. The van der Waals surface area contributed by atoms with Gasteiger partial charge >= 0.3 is 0 Å². The zero-order valence-electron chi connectivity index (χ0n) is 12.3. The zero-order valence-corrected chi connectivity index (χ0v) is 13.1. The second-order valence-corrected chi connectivity index (χ2v) is 6.19. The van der Waals surface area contributed by atoms with Gasteiger partial charge in [-0.25, -0.2) is 4.98 Å². The molecule has 116 valence electrons. The number of methoxy groups -OCH3 is 1. The summed E-state index contributed by atoms with van der Waals surface area (Å²) < 4.78 is 5.08. The van der Waals surface area contributed by atoms with E-state index in [1.54, 1.807) is 36.9 Å². The first-order valence-corrected chi connectivity index (χ1v) is 8.10. The Morgan fingerprint density at radius 2 is 2.18 bits per heavy atom. The number of aliphatic hydroxyl groups excluding tert-OH is 1. The van der Waals surface area contributed by atoms with Crippen molar-refractivity contribution in [2.75, 3.05) is 13.7 Å². The molecule has 1 aromatic heterocycles. The molecule has 0 bridgehead atoms. The van der Waals surface area contributed by atoms with Crippen LogP contribution in [0.25, 0.3) is 0 Å². The van der Waals surface area contributed by atoms with E-state index in [9.17, 15) is 9.90 Å². The number of hydrogen-bond acceptors (Lipinski definition) is 5. The van der Waals surface area contributed by atoms with Crippen molar-refractivity contribution in [3.05, 3.63) is 45.9 Å². The summed E-state index contributed by atoms with van der Waals surface area (Å²) in [5, 5.41) is 12.9. The highest BCUT2D eigenvalue weighted by Crippen LogP contribution is 2.41. The molecule has 3 rings (SSSR count). The number of carbonyl (C=O) groups is 1. The molecule has 0 radical (unpaired) electrons. The van der Waals surface area contributed by atoms with Gasteiger partial charge in [-0.05, 0) is 30.5 Å². The van der Waals surface area contributed by atoms with Crippen LogP contribution in [0.4, 0.5) is 0 Å². The molecule has 0 spiro atoms. The quantitative estimate of drug-likeness (QED) is 0.858. The van der Waals surface area contributed by atoms with Crippen molar-refractivity contribution in [3.8, 4) is 5.75 Å². The molecular weight excluding hydrogens is 300 g/mol. The fourth-order valence-electron chi connectivity index (χ4n) is 2.29. The number of carbonyl (C=O) groups excluding carboxylic acids is 1. The van der Waals surface area contributed by atoms with Crippen molar-refractivity contribution in [3.63, 3.8) is 0 Å². The van der Waals surface area contributed by atoms with Crippen molar-refractivity contribution in [2.24, 2.45) is 0 Å². The summed E-state index contributed by atoms with van der Waals surface area (Å²) in [6, 6.07) is 7.15. The Hall–Kier alpha value is -1.92. The lowest BCUT2D eigenvalue weighted by atomic mass is 10.1. The van der Waals surface area contributed by atoms with Crippen LogP contribution >= 0.6 is 11.3 Å². The smallest absolute Gasteiger partial charge is 0.263 e. The maximum absolute atomic E-state index is 12.2. The normalized spacial score (nSPS) is 15.4. The van der Waals surface area contributed by atoms with Crippen LogP contribution in [0.15, 0.2) is 29.8 Å². The van der Waals surface area contributed by atoms with E-state index >= 15 is 0 Å². The minimum Gasteiger partial charge on any atom is -0.497 e. The van der Waals surface area contributed by atoms with Crippen LogP contribution in [-0.2, 0) is 0 Å². The Bertz CT molecular complexity index is 650. The number of amides is 1. The molecular formula is C16H18N2O3S. The van der Waals surface area contributed by atoms with Crippen molar-refractivity contribution in [2.45, 2.75) is 24.9 Å². The summed E-state index contributed by atoms with van der Waals surface area (Å²) in [6.45, 7) is 0.174. The number of rotatable bonds is 6. The van der Waals surface area contributed by atoms with Crippen molar-refractivity contribution in [1.29, 1.82) is 0 Å². The number of nitrogens with one attached hydrogen (secondary N) is 1. The summed E-state index contributed by atoms with van der Waals surface area (Å²) >= 11 is 1.36. The van der Waals surface area contributed by atoms with E-state index in [1.165, 1.54) is 11.3 Å². The standard InChI is InChI=1S/C16H18N2O3S/c1-21-12-6-4-10(5-7-12)13(19)8-17-16(20)15-14(11-2-3-11)18-9-22-15/h4-7,9,11,13,19H,2-3,8H2,1H3,(H,17,20). The van der Waals surface area contributed by atoms with Gasteiger partial charge in [0.25, 0.3) is 5.91 Å². The van der Waals surface area contributed by atoms with E-state index in [0.29, 0.717) is 10.8 Å². The van der Waals surface area contributed by atoms with Crippen LogP contribution in [-0.4, -0.2) is 29.7 Å². The summed E-state index contributed by atoms with van der Waals surface area (Å²) in [5.41, 5.74) is 3.36. The highest BCUT2D eigenvalue weighted by molar-refractivity contribution is 7.11. The Balaban J connectivity index is 1.58. The fraction of sp³-hybridized carbons (Fsp3) is 0.375. The van der Waals surface area contributed by atoms with E-state index < -0.39 is 6.10 Å². The Labute approximate surface area is 133 Å². The molecule has 1 saturated carbocycles. The molecule has 1 fully saturated rings. The Morgan fingerprint density at radius 1 is 1.45 bits per heavy atom. The van der Waals surface area contributed by atoms with Crippen molar-refractivity contribution >= 4 is 17.2 Å². The van der Waals surface area contributed by atoms with E-state index in [0.717, 1.165) is 29.8 Å². The van der Waals surface area contributed by atoms with Crippen LogP contribution < -0.4 is 10.1 Å². The number of nitrogens with zero attached hydrogens (tertiary/aromatic N) is 1. The first-order chi connectivity index (χ1) is 10.7. The molecule has 1 aliphatic rings. The predicted molar refractivity (Wildman–Crippen MR) is 84.4 cm³/mol. The van der Waals surface area contributed by atoms with Gasteiger partial charge in [0.1, 0.15) is 10.6 Å². The molecule has 1 unspecified atom stereocenters. The third kappa shape index (κ3) is 3.28. The third-order valence-corrected chi connectivity index (χ3v) is 4.56. The second-order valence-electron chi connectivity index (χ2n) is 5.34. The molecule has 1 aromatic carbocycles. The number of benzene rings is 1. The minimum absolute atomic E-state index is 0.156. The lowest BCUT2D eigenvalue weighted by Gasteiger charge is -2.12.